The number of nitrogens with zero attached hydrogens (tertiary/aromatic N) is 3. The van der Waals surface area contributed by atoms with Crippen molar-refractivity contribution in [3.05, 3.63) is 5.82 Å². The predicted octanol–water partition coefficient (Wildman–Crippen LogP) is 1.76. The minimum absolute atomic E-state index is 0.0986. The standard InChI is InChI=1S/C13H24N4O2S/c1-3-19-12(18)7-5-4-6-10-20-13-16-15-11(2)17(13)9-8-14/h3-10,14H2,1-2H3. The topological polar surface area (TPSA) is 83.0 Å². The van der Waals surface area contributed by atoms with E-state index in [0.29, 0.717) is 19.6 Å². The Balaban J connectivity index is 2.17. The number of thioether (sulfide) groups is 1. The fourth-order valence-electron chi connectivity index (χ4n) is 1.80. The normalized spacial score (nSPS) is 10.8. The number of esters is 1. The molecule has 0 bridgehead atoms. The Morgan fingerprint density at radius 2 is 2.15 bits per heavy atom. The van der Waals surface area contributed by atoms with Gasteiger partial charge < -0.3 is 15.0 Å². The molecule has 20 heavy (non-hydrogen) atoms. The van der Waals surface area contributed by atoms with Crippen LogP contribution >= 0.6 is 11.8 Å². The molecule has 0 saturated carbocycles. The van der Waals surface area contributed by atoms with Crippen LogP contribution in [0.5, 0.6) is 0 Å². The average molecular weight is 300 g/mol. The molecule has 2 N–H and O–H groups in total. The Labute approximate surface area is 124 Å². The Morgan fingerprint density at radius 3 is 2.85 bits per heavy atom. The van der Waals surface area contributed by atoms with Gasteiger partial charge >= 0.3 is 5.97 Å². The van der Waals surface area contributed by atoms with Crippen LogP contribution in [0.15, 0.2) is 5.16 Å². The first-order chi connectivity index (χ1) is 9.69. The molecule has 1 heterocycles. The monoisotopic (exact) mass is 300 g/mol. The number of carbonyl (C=O) groups is 1. The summed E-state index contributed by atoms with van der Waals surface area (Å²) >= 11 is 1.69. The van der Waals surface area contributed by atoms with Gasteiger partial charge in [0, 0.05) is 25.3 Å². The van der Waals surface area contributed by atoms with Crippen molar-refractivity contribution in [3.8, 4) is 0 Å². The highest BCUT2D eigenvalue weighted by molar-refractivity contribution is 7.99. The molecule has 0 saturated heterocycles. The zero-order chi connectivity index (χ0) is 14.8. The minimum atomic E-state index is -0.0986. The fraction of sp³-hybridized carbons (Fsp3) is 0.769. The van der Waals surface area contributed by atoms with E-state index in [1.165, 1.54) is 0 Å². The first-order valence-corrected chi connectivity index (χ1v) is 8.05. The molecule has 0 fully saturated rings. The molecule has 7 heteroatoms. The van der Waals surface area contributed by atoms with E-state index < -0.39 is 0 Å². The highest BCUT2D eigenvalue weighted by Gasteiger charge is 2.08. The molecular weight excluding hydrogens is 276 g/mol. The van der Waals surface area contributed by atoms with Crippen LogP contribution in [0.1, 0.15) is 38.4 Å². The Morgan fingerprint density at radius 1 is 1.35 bits per heavy atom. The van der Waals surface area contributed by atoms with Gasteiger partial charge in [-0.3, -0.25) is 4.79 Å². The Kier molecular flexibility index (Phi) is 8.29. The molecule has 0 atom stereocenters. The first kappa shape index (κ1) is 17.0. The molecule has 0 unspecified atom stereocenters. The van der Waals surface area contributed by atoms with Crippen LogP contribution in [0.3, 0.4) is 0 Å². The van der Waals surface area contributed by atoms with Crippen molar-refractivity contribution in [1.82, 2.24) is 14.8 Å². The lowest BCUT2D eigenvalue weighted by Gasteiger charge is -2.06. The van der Waals surface area contributed by atoms with Crippen molar-refractivity contribution in [1.29, 1.82) is 0 Å². The molecule has 1 rings (SSSR count). The van der Waals surface area contributed by atoms with Gasteiger partial charge in [-0.1, -0.05) is 18.2 Å². The van der Waals surface area contributed by atoms with Gasteiger partial charge in [-0.25, -0.2) is 0 Å². The maximum atomic E-state index is 11.2. The van der Waals surface area contributed by atoms with Crippen LogP contribution in [-0.4, -0.2) is 39.6 Å². The minimum Gasteiger partial charge on any atom is -0.466 e. The number of aromatic nitrogens is 3. The number of carbonyl (C=O) groups excluding carboxylic acids is 1. The van der Waals surface area contributed by atoms with Gasteiger partial charge in [-0.05, 0) is 26.7 Å². The third-order valence-electron chi connectivity index (χ3n) is 2.82. The molecule has 1 aromatic rings. The van der Waals surface area contributed by atoms with Gasteiger partial charge in [0.1, 0.15) is 5.82 Å². The largest absolute Gasteiger partial charge is 0.466 e. The summed E-state index contributed by atoms with van der Waals surface area (Å²) in [5.41, 5.74) is 5.58. The van der Waals surface area contributed by atoms with Crippen LogP contribution in [0.25, 0.3) is 0 Å². The summed E-state index contributed by atoms with van der Waals surface area (Å²) in [6.45, 7) is 5.57. The number of nitrogens with two attached hydrogens (primary N) is 1. The number of aryl methyl sites for hydroxylation is 1. The molecule has 1 aromatic heterocycles. The van der Waals surface area contributed by atoms with Crippen LogP contribution in [-0.2, 0) is 16.1 Å². The highest BCUT2D eigenvalue weighted by Crippen LogP contribution is 2.18. The van der Waals surface area contributed by atoms with Crippen LogP contribution in [0, 0.1) is 6.92 Å². The third-order valence-corrected chi connectivity index (χ3v) is 3.87. The summed E-state index contributed by atoms with van der Waals surface area (Å²) in [5.74, 6) is 1.78. The van der Waals surface area contributed by atoms with Crippen LogP contribution in [0.2, 0.25) is 0 Å². The van der Waals surface area contributed by atoms with Crippen molar-refractivity contribution >= 4 is 17.7 Å². The summed E-state index contributed by atoms with van der Waals surface area (Å²) in [7, 11) is 0. The smallest absolute Gasteiger partial charge is 0.305 e. The summed E-state index contributed by atoms with van der Waals surface area (Å²) < 4.78 is 6.93. The zero-order valence-corrected chi connectivity index (χ0v) is 13.1. The Bertz CT molecular complexity index is 409. The van der Waals surface area contributed by atoms with Crippen molar-refractivity contribution in [2.45, 2.75) is 51.2 Å². The van der Waals surface area contributed by atoms with Crippen molar-refractivity contribution < 1.29 is 9.53 Å². The lowest BCUT2D eigenvalue weighted by atomic mass is 10.2. The SMILES string of the molecule is CCOC(=O)CCCCCSc1nnc(C)n1CCN. The third kappa shape index (κ3) is 5.92. The molecule has 0 aliphatic heterocycles. The maximum absolute atomic E-state index is 11.2. The first-order valence-electron chi connectivity index (χ1n) is 7.07. The van der Waals surface area contributed by atoms with E-state index in [-0.39, 0.29) is 5.97 Å². The number of hydrogen-bond acceptors (Lipinski definition) is 6. The van der Waals surface area contributed by atoms with E-state index in [1.54, 1.807) is 11.8 Å². The summed E-state index contributed by atoms with van der Waals surface area (Å²) in [6.07, 6.45) is 3.48. The quantitative estimate of drug-likeness (QED) is 0.403. The van der Waals surface area contributed by atoms with Gasteiger partial charge in [-0.2, -0.15) is 0 Å². The van der Waals surface area contributed by atoms with Crippen LogP contribution < -0.4 is 5.73 Å². The molecule has 0 aromatic carbocycles. The number of ether oxygens (including phenoxy) is 1. The van der Waals surface area contributed by atoms with Crippen molar-refractivity contribution in [2.24, 2.45) is 5.73 Å². The molecule has 114 valence electrons. The molecule has 0 spiro atoms. The lowest BCUT2D eigenvalue weighted by Crippen LogP contribution is -2.12. The van der Waals surface area contributed by atoms with Crippen molar-refractivity contribution in [3.63, 3.8) is 0 Å². The van der Waals surface area contributed by atoms with Gasteiger partial charge in [0.05, 0.1) is 6.61 Å². The van der Waals surface area contributed by atoms with Gasteiger partial charge in [-0.15, -0.1) is 10.2 Å². The lowest BCUT2D eigenvalue weighted by molar-refractivity contribution is -0.143. The fourth-order valence-corrected chi connectivity index (χ4v) is 2.81. The molecular formula is C13H24N4O2S. The number of unbranched alkanes of at least 4 members (excludes halogenated alkanes) is 2. The van der Waals surface area contributed by atoms with E-state index in [4.69, 9.17) is 10.5 Å². The highest BCUT2D eigenvalue weighted by atomic mass is 32.2. The maximum Gasteiger partial charge on any atom is 0.305 e. The number of rotatable bonds is 10. The second kappa shape index (κ2) is 9.77. The second-order valence-corrected chi connectivity index (χ2v) is 5.50. The zero-order valence-electron chi connectivity index (χ0n) is 12.3. The summed E-state index contributed by atoms with van der Waals surface area (Å²) in [4.78, 5) is 11.2. The molecule has 0 aliphatic carbocycles. The Hall–Kier alpha value is -1.08. The molecule has 0 radical (unpaired) electrons. The summed E-state index contributed by atoms with van der Waals surface area (Å²) in [6, 6.07) is 0. The van der Waals surface area contributed by atoms with E-state index in [1.807, 2.05) is 18.4 Å². The molecule has 0 amide bonds. The van der Waals surface area contributed by atoms with E-state index in [2.05, 4.69) is 10.2 Å². The van der Waals surface area contributed by atoms with E-state index in [0.717, 1.165) is 42.5 Å². The predicted molar refractivity (Wildman–Crippen MR) is 79.6 cm³/mol. The van der Waals surface area contributed by atoms with E-state index in [9.17, 15) is 4.79 Å². The number of hydrogen-bond donors (Lipinski definition) is 1. The van der Waals surface area contributed by atoms with Gasteiger partial charge in [0.15, 0.2) is 5.16 Å². The van der Waals surface area contributed by atoms with E-state index >= 15 is 0 Å². The van der Waals surface area contributed by atoms with Crippen molar-refractivity contribution in [2.75, 3.05) is 18.9 Å². The molecule has 0 aliphatic rings. The van der Waals surface area contributed by atoms with Crippen LogP contribution in [0.4, 0.5) is 0 Å². The average Bonchev–Trinajstić information content (AvgIpc) is 2.76. The summed E-state index contributed by atoms with van der Waals surface area (Å²) in [5, 5.41) is 9.15. The van der Waals surface area contributed by atoms with Gasteiger partial charge in [0.2, 0.25) is 0 Å². The second-order valence-electron chi connectivity index (χ2n) is 4.43. The molecule has 6 nitrogen and oxygen atoms in total. The van der Waals surface area contributed by atoms with Gasteiger partial charge in [0.25, 0.3) is 0 Å².